The van der Waals surface area contributed by atoms with Crippen LogP contribution in [0, 0.1) is 0 Å². The Labute approximate surface area is 172 Å². The van der Waals surface area contributed by atoms with Crippen molar-refractivity contribution in [2.24, 2.45) is 0 Å². The van der Waals surface area contributed by atoms with Gasteiger partial charge in [-0.2, -0.15) is 0 Å². The van der Waals surface area contributed by atoms with Gasteiger partial charge in [0, 0.05) is 0 Å². The van der Waals surface area contributed by atoms with Crippen molar-refractivity contribution >= 4 is 10.1 Å². The third-order valence-corrected chi connectivity index (χ3v) is 4.74. The van der Waals surface area contributed by atoms with Crippen molar-refractivity contribution in [1.82, 2.24) is 0 Å². The zero-order valence-corrected chi connectivity index (χ0v) is 17.7. The molecule has 0 aliphatic rings. The van der Waals surface area contributed by atoms with Gasteiger partial charge in [-0.25, -0.2) is 8.42 Å². The molecule has 2 aromatic carbocycles. The van der Waals surface area contributed by atoms with Gasteiger partial charge in [0.15, 0.2) is 0 Å². The van der Waals surface area contributed by atoms with Crippen LogP contribution in [0.1, 0.15) is 44.6 Å². The molecule has 0 atom stereocenters. The number of para-hydroxylation sites is 2. The van der Waals surface area contributed by atoms with Crippen LogP contribution in [-0.4, -0.2) is 13.0 Å². The topological polar surface area (TPSA) is 66.4 Å². The Morgan fingerprint density at radius 2 is 1.48 bits per heavy atom. The van der Waals surface area contributed by atoms with Crippen molar-refractivity contribution in [3.8, 4) is 11.5 Å². The summed E-state index contributed by atoms with van der Waals surface area (Å²) in [4.78, 5) is -0.331. The van der Waals surface area contributed by atoms with Crippen molar-refractivity contribution in [3.05, 3.63) is 54.1 Å². The SMILES string of the molecule is CCCCCCCc1ccccc1Oc1ccccc1S(=O)(=O)[O-].[Na+]. The van der Waals surface area contributed by atoms with Crippen LogP contribution in [0.3, 0.4) is 0 Å². The molecule has 0 saturated carbocycles. The largest absolute Gasteiger partial charge is 1.00 e. The normalized spacial score (nSPS) is 11.0. The van der Waals surface area contributed by atoms with E-state index in [4.69, 9.17) is 4.74 Å². The van der Waals surface area contributed by atoms with Gasteiger partial charge in [-0.05, 0) is 36.6 Å². The molecule has 130 valence electrons. The van der Waals surface area contributed by atoms with Gasteiger partial charge in [0.05, 0.1) is 4.90 Å². The molecule has 0 N–H and O–H groups in total. The standard InChI is InChI=1S/C19H24O4S.Na/c1-2-3-4-5-6-11-16-12-7-8-13-17(16)23-18-14-9-10-15-19(18)24(20,21)22;/h7-10,12-15H,2-6,11H2,1H3,(H,20,21,22);/q;+1/p-1. The number of unbranched alkanes of at least 4 members (excludes halogenated alkanes) is 4. The third kappa shape index (κ3) is 7.12. The number of hydrogen-bond donors (Lipinski definition) is 0. The summed E-state index contributed by atoms with van der Waals surface area (Å²) >= 11 is 0. The molecule has 0 fully saturated rings. The van der Waals surface area contributed by atoms with Crippen molar-refractivity contribution in [3.63, 3.8) is 0 Å². The minimum atomic E-state index is -4.57. The molecule has 0 amide bonds. The van der Waals surface area contributed by atoms with Crippen molar-refractivity contribution in [2.45, 2.75) is 50.3 Å². The fourth-order valence-corrected chi connectivity index (χ4v) is 3.19. The Kier molecular flexibility index (Phi) is 9.75. The molecule has 4 nitrogen and oxygen atoms in total. The van der Waals surface area contributed by atoms with Crippen molar-refractivity contribution < 1.29 is 47.3 Å². The molecular formula is C19H23NaO4S. The molecule has 0 spiro atoms. The molecule has 0 bridgehead atoms. The first-order valence-corrected chi connectivity index (χ1v) is 9.74. The van der Waals surface area contributed by atoms with E-state index in [1.54, 1.807) is 12.1 Å². The van der Waals surface area contributed by atoms with Gasteiger partial charge in [0.1, 0.15) is 21.6 Å². The zero-order valence-electron chi connectivity index (χ0n) is 14.9. The van der Waals surface area contributed by atoms with Crippen LogP contribution in [0.2, 0.25) is 0 Å². The van der Waals surface area contributed by atoms with Gasteiger partial charge < -0.3 is 9.29 Å². The van der Waals surface area contributed by atoms with Gasteiger partial charge >= 0.3 is 29.6 Å². The number of ether oxygens (including phenoxy) is 1. The molecular weight excluding hydrogens is 347 g/mol. The summed E-state index contributed by atoms with van der Waals surface area (Å²) in [5, 5.41) is 0. The van der Waals surface area contributed by atoms with E-state index in [1.165, 1.54) is 37.5 Å². The second-order valence-corrected chi connectivity index (χ2v) is 7.12. The van der Waals surface area contributed by atoms with Crippen LogP contribution >= 0.6 is 0 Å². The Morgan fingerprint density at radius 3 is 2.16 bits per heavy atom. The predicted molar refractivity (Wildman–Crippen MR) is 93.4 cm³/mol. The zero-order chi connectivity index (χ0) is 17.4. The maximum atomic E-state index is 11.4. The first kappa shape index (κ1) is 22.2. The van der Waals surface area contributed by atoms with E-state index in [-0.39, 0.29) is 40.2 Å². The second kappa shape index (κ2) is 11.0. The molecule has 0 aromatic heterocycles. The molecule has 0 heterocycles. The average molecular weight is 370 g/mol. The molecule has 6 heteroatoms. The monoisotopic (exact) mass is 370 g/mol. The van der Waals surface area contributed by atoms with Crippen LogP contribution in [0.5, 0.6) is 11.5 Å². The van der Waals surface area contributed by atoms with Crippen LogP contribution in [-0.2, 0) is 16.5 Å². The van der Waals surface area contributed by atoms with Crippen LogP contribution < -0.4 is 34.3 Å². The second-order valence-electron chi connectivity index (χ2n) is 5.77. The van der Waals surface area contributed by atoms with Crippen LogP contribution in [0.15, 0.2) is 53.4 Å². The first-order valence-electron chi connectivity index (χ1n) is 8.33. The number of aryl methyl sites for hydroxylation is 1. The van der Waals surface area contributed by atoms with Gasteiger partial charge in [0.2, 0.25) is 0 Å². The minimum absolute atomic E-state index is 0. The Morgan fingerprint density at radius 1 is 0.880 bits per heavy atom. The van der Waals surface area contributed by atoms with E-state index in [1.807, 2.05) is 18.2 Å². The van der Waals surface area contributed by atoms with Crippen LogP contribution in [0.25, 0.3) is 0 Å². The van der Waals surface area contributed by atoms with Crippen molar-refractivity contribution in [2.75, 3.05) is 0 Å². The quantitative estimate of drug-likeness (QED) is 0.384. The summed E-state index contributed by atoms with van der Waals surface area (Å²) in [6, 6.07) is 13.5. The molecule has 0 radical (unpaired) electrons. The number of hydrogen-bond acceptors (Lipinski definition) is 4. The Bertz CT molecular complexity index is 760. The van der Waals surface area contributed by atoms with Gasteiger partial charge in [-0.1, -0.05) is 62.9 Å². The first-order chi connectivity index (χ1) is 11.5. The smallest absolute Gasteiger partial charge is 0.744 e. The van der Waals surface area contributed by atoms with E-state index in [2.05, 4.69) is 6.92 Å². The fraction of sp³-hybridized carbons (Fsp3) is 0.368. The molecule has 2 rings (SSSR count). The summed E-state index contributed by atoms with van der Waals surface area (Å²) in [5.41, 5.74) is 1.02. The van der Waals surface area contributed by atoms with E-state index in [0.29, 0.717) is 5.75 Å². The van der Waals surface area contributed by atoms with E-state index in [9.17, 15) is 13.0 Å². The molecule has 0 aliphatic heterocycles. The Hall–Kier alpha value is -0.850. The summed E-state index contributed by atoms with van der Waals surface area (Å²) in [5.74, 6) is 0.676. The molecule has 0 saturated heterocycles. The van der Waals surface area contributed by atoms with Crippen molar-refractivity contribution in [1.29, 1.82) is 0 Å². The average Bonchev–Trinajstić information content (AvgIpc) is 2.56. The third-order valence-electron chi connectivity index (χ3n) is 3.86. The molecule has 0 aliphatic carbocycles. The van der Waals surface area contributed by atoms with Gasteiger partial charge in [-0.15, -0.1) is 0 Å². The Balaban J connectivity index is 0.00000312. The van der Waals surface area contributed by atoms with E-state index < -0.39 is 10.1 Å². The van der Waals surface area contributed by atoms with E-state index >= 15 is 0 Å². The molecule has 25 heavy (non-hydrogen) atoms. The van der Waals surface area contributed by atoms with Gasteiger partial charge in [-0.3, -0.25) is 0 Å². The maximum Gasteiger partial charge on any atom is 1.00 e. The maximum absolute atomic E-state index is 11.4. The summed E-state index contributed by atoms with van der Waals surface area (Å²) < 4.78 is 39.9. The van der Waals surface area contributed by atoms with Crippen LogP contribution in [0.4, 0.5) is 0 Å². The predicted octanol–water partition coefficient (Wildman–Crippen LogP) is 1.90. The number of benzene rings is 2. The van der Waals surface area contributed by atoms with Gasteiger partial charge in [0.25, 0.3) is 0 Å². The minimum Gasteiger partial charge on any atom is -0.744 e. The summed E-state index contributed by atoms with van der Waals surface area (Å²) in [7, 11) is -4.57. The molecule has 2 aromatic rings. The summed E-state index contributed by atoms with van der Waals surface area (Å²) in [6.45, 7) is 2.19. The van der Waals surface area contributed by atoms with E-state index in [0.717, 1.165) is 24.8 Å². The molecule has 0 unspecified atom stereocenters. The fourth-order valence-electron chi connectivity index (χ4n) is 2.59. The number of rotatable bonds is 9. The summed E-state index contributed by atoms with van der Waals surface area (Å²) in [6.07, 6.45) is 6.76.